The lowest BCUT2D eigenvalue weighted by molar-refractivity contribution is -0.151. The quantitative estimate of drug-likeness (QED) is 0.151. The van der Waals surface area contributed by atoms with Gasteiger partial charge in [0, 0.05) is 19.5 Å². The van der Waals surface area contributed by atoms with E-state index in [0.717, 1.165) is 64.2 Å². The van der Waals surface area contributed by atoms with Gasteiger partial charge in [0.25, 0.3) is 0 Å². The van der Waals surface area contributed by atoms with Crippen molar-refractivity contribution in [3.8, 4) is 0 Å². The number of ether oxygens (including phenoxy) is 1. The molecule has 7 atom stereocenters. The number of allylic oxidation sites excluding steroid dienone is 1. The van der Waals surface area contributed by atoms with Gasteiger partial charge in [-0.25, -0.2) is 0 Å². The number of ketones is 1. The van der Waals surface area contributed by atoms with E-state index in [1.165, 1.54) is 12.2 Å². The summed E-state index contributed by atoms with van der Waals surface area (Å²) in [6.07, 6.45) is 13.0. The smallest absolute Gasteiger partial charge is 0.330 e. The zero-order valence-electron chi connectivity index (χ0n) is 21.5. The van der Waals surface area contributed by atoms with E-state index in [4.69, 9.17) is 13.8 Å². The minimum absolute atomic E-state index is 0.0188. The third-order valence-electron chi connectivity index (χ3n) is 9.69. The molecule has 4 aliphatic carbocycles. The van der Waals surface area contributed by atoms with E-state index in [1.807, 2.05) is 6.08 Å². The highest BCUT2D eigenvalue weighted by Gasteiger charge is 2.60. The summed E-state index contributed by atoms with van der Waals surface area (Å²) < 4.78 is 29.8. The van der Waals surface area contributed by atoms with Crippen molar-refractivity contribution in [1.82, 2.24) is 0 Å². The predicted octanol–water partition coefficient (Wildman–Crippen LogP) is 6.82. The van der Waals surface area contributed by atoms with Crippen LogP contribution in [0.25, 0.3) is 0 Å². The summed E-state index contributed by atoms with van der Waals surface area (Å²) in [5, 5.41) is 0. The SMILES string of the molecule is CCCCCC(=O)OCOP(C)(=O)OC1CCC2C3CCC4=CC(=O)CC[C@]4(C)C3CC[C@]12C. The maximum atomic E-state index is 13.1. The number of carbonyl (C=O) groups excluding carboxylic acids is 2. The van der Waals surface area contributed by atoms with Crippen LogP contribution in [0.1, 0.15) is 97.8 Å². The van der Waals surface area contributed by atoms with Crippen LogP contribution in [-0.2, 0) is 27.9 Å². The summed E-state index contributed by atoms with van der Waals surface area (Å²) in [7, 11) is -3.34. The van der Waals surface area contributed by atoms with E-state index in [0.29, 0.717) is 36.4 Å². The van der Waals surface area contributed by atoms with Gasteiger partial charge in [-0.1, -0.05) is 39.2 Å². The third kappa shape index (κ3) is 5.11. The Morgan fingerprint density at radius 1 is 1.09 bits per heavy atom. The molecule has 0 amide bonds. The Labute approximate surface area is 205 Å². The zero-order valence-corrected chi connectivity index (χ0v) is 22.4. The molecule has 3 fully saturated rings. The molecule has 0 saturated heterocycles. The number of carbonyl (C=O) groups is 2. The van der Waals surface area contributed by atoms with E-state index < -0.39 is 7.60 Å². The maximum absolute atomic E-state index is 13.1. The first-order valence-corrected chi connectivity index (χ1v) is 15.4. The lowest BCUT2D eigenvalue weighted by Crippen LogP contribution is -2.51. The molecule has 4 rings (SSSR count). The Bertz CT molecular complexity index is 867. The topological polar surface area (TPSA) is 78.9 Å². The van der Waals surface area contributed by atoms with Crippen LogP contribution in [0.3, 0.4) is 0 Å². The molecule has 192 valence electrons. The van der Waals surface area contributed by atoms with E-state index in [2.05, 4.69) is 20.8 Å². The molecule has 7 heteroatoms. The zero-order chi connectivity index (χ0) is 24.6. The van der Waals surface area contributed by atoms with Crippen LogP contribution < -0.4 is 0 Å². The summed E-state index contributed by atoms with van der Waals surface area (Å²) in [5.41, 5.74) is 1.52. The number of fused-ring (bicyclic) bond motifs is 5. The van der Waals surface area contributed by atoms with Crippen LogP contribution in [0.5, 0.6) is 0 Å². The standard InChI is InChI=1S/C27H43O6P/c1-5-6-7-8-25(29)31-18-32-34(4,30)33-24-12-11-22-21-10-9-19-17-20(28)13-15-26(19,2)23(21)14-16-27(22,24)3/h17,21-24H,5-16,18H2,1-4H3/t21?,22?,23?,24?,26-,27-,34?/m0/s1. The second-order valence-electron chi connectivity index (χ2n) is 11.7. The average molecular weight is 495 g/mol. The van der Waals surface area contributed by atoms with Crippen molar-refractivity contribution in [1.29, 1.82) is 0 Å². The van der Waals surface area contributed by atoms with Gasteiger partial charge in [-0.15, -0.1) is 0 Å². The second kappa shape index (κ2) is 10.2. The van der Waals surface area contributed by atoms with E-state index in [9.17, 15) is 14.2 Å². The van der Waals surface area contributed by atoms with Gasteiger partial charge in [0.2, 0.25) is 6.79 Å². The van der Waals surface area contributed by atoms with Crippen molar-refractivity contribution in [2.75, 3.05) is 13.5 Å². The largest absolute Gasteiger partial charge is 0.438 e. The van der Waals surface area contributed by atoms with Gasteiger partial charge >= 0.3 is 13.6 Å². The molecule has 0 bridgehead atoms. The molecule has 5 unspecified atom stereocenters. The van der Waals surface area contributed by atoms with Gasteiger partial charge in [0.15, 0.2) is 5.78 Å². The molecule has 0 heterocycles. The number of unbranched alkanes of at least 4 members (excludes halogenated alkanes) is 2. The fourth-order valence-electron chi connectivity index (χ4n) is 7.73. The van der Waals surface area contributed by atoms with Crippen molar-refractivity contribution >= 4 is 19.3 Å². The van der Waals surface area contributed by atoms with Crippen LogP contribution in [0.2, 0.25) is 0 Å². The molecule has 4 aliphatic rings. The Morgan fingerprint density at radius 3 is 2.65 bits per heavy atom. The summed E-state index contributed by atoms with van der Waals surface area (Å²) in [5.74, 6) is 1.77. The number of esters is 1. The van der Waals surface area contributed by atoms with Crippen LogP contribution in [0, 0.1) is 28.6 Å². The van der Waals surface area contributed by atoms with E-state index in [-0.39, 0.29) is 29.7 Å². The molecule has 0 aromatic heterocycles. The molecule has 3 saturated carbocycles. The van der Waals surface area contributed by atoms with Gasteiger partial charge < -0.3 is 9.26 Å². The predicted molar refractivity (Wildman–Crippen MR) is 131 cm³/mol. The Morgan fingerprint density at radius 2 is 1.88 bits per heavy atom. The first kappa shape index (κ1) is 26.1. The normalized spacial score (nSPS) is 38.8. The van der Waals surface area contributed by atoms with Crippen molar-refractivity contribution in [2.24, 2.45) is 28.6 Å². The van der Waals surface area contributed by atoms with Crippen LogP contribution in [0.15, 0.2) is 11.6 Å². The lowest BCUT2D eigenvalue weighted by atomic mass is 9.47. The summed E-state index contributed by atoms with van der Waals surface area (Å²) >= 11 is 0. The second-order valence-corrected chi connectivity index (χ2v) is 13.7. The summed E-state index contributed by atoms with van der Waals surface area (Å²) in [6.45, 7) is 7.98. The molecule has 34 heavy (non-hydrogen) atoms. The monoisotopic (exact) mass is 494 g/mol. The van der Waals surface area contributed by atoms with Gasteiger partial charge in [-0.2, -0.15) is 0 Å². The van der Waals surface area contributed by atoms with Crippen molar-refractivity contribution < 1.29 is 27.9 Å². The van der Waals surface area contributed by atoms with Gasteiger partial charge in [0.1, 0.15) is 0 Å². The highest BCUT2D eigenvalue weighted by atomic mass is 31.2. The van der Waals surface area contributed by atoms with Gasteiger partial charge in [0.05, 0.1) is 6.10 Å². The number of hydrogen-bond donors (Lipinski definition) is 0. The van der Waals surface area contributed by atoms with E-state index in [1.54, 1.807) is 0 Å². The molecule has 0 aromatic carbocycles. The molecule has 6 nitrogen and oxygen atoms in total. The van der Waals surface area contributed by atoms with Crippen molar-refractivity contribution in [2.45, 2.75) is 104 Å². The van der Waals surface area contributed by atoms with Crippen molar-refractivity contribution in [3.63, 3.8) is 0 Å². The Hall–Kier alpha value is -0.970. The molecule has 0 aliphatic heterocycles. The lowest BCUT2D eigenvalue weighted by Gasteiger charge is -2.58. The van der Waals surface area contributed by atoms with Crippen LogP contribution in [0.4, 0.5) is 0 Å². The highest BCUT2D eigenvalue weighted by molar-refractivity contribution is 7.53. The van der Waals surface area contributed by atoms with Crippen molar-refractivity contribution in [3.05, 3.63) is 11.6 Å². The summed E-state index contributed by atoms with van der Waals surface area (Å²) in [4.78, 5) is 23.9. The van der Waals surface area contributed by atoms with E-state index >= 15 is 0 Å². The summed E-state index contributed by atoms with van der Waals surface area (Å²) in [6, 6.07) is 0. The molecule has 0 N–H and O–H groups in total. The first-order valence-electron chi connectivity index (χ1n) is 13.4. The maximum Gasteiger partial charge on any atom is 0.330 e. The highest BCUT2D eigenvalue weighted by Crippen LogP contribution is 2.67. The number of hydrogen-bond acceptors (Lipinski definition) is 6. The minimum atomic E-state index is -3.34. The molecule has 0 spiro atoms. The Kier molecular flexibility index (Phi) is 7.82. The fraction of sp³-hybridized carbons (Fsp3) is 0.852. The molecular formula is C27H43O6P. The fourth-order valence-corrected chi connectivity index (χ4v) is 8.84. The third-order valence-corrected chi connectivity index (χ3v) is 10.9. The Balaban J connectivity index is 1.35. The van der Waals surface area contributed by atoms with Gasteiger partial charge in [-0.05, 0) is 86.0 Å². The average Bonchev–Trinajstić information content (AvgIpc) is 3.10. The van der Waals surface area contributed by atoms with Crippen LogP contribution >= 0.6 is 7.60 Å². The molecule has 0 aromatic rings. The number of rotatable bonds is 9. The minimum Gasteiger partial charge on any atom is -0.438 e. The first-order chi connectivity index (χ1) is 16.1. The molecule has 0 radical (unpaired) electrons. The molecular weight excluding hydrogens is 451 g/mol. The van der Waals surface area contributed by atoms with Gasteiger partial charge in [-0.3, -0.25) is 18.7 Å². The van der Waals surface area contributed by atoms with Crippen LogP contribution in [-0.4, -0.2) is 31.3 Å².